The molecule has 2 N–H and O–H groups in total. The summed E-state index contributed by atoms with van der Waals surface area (Å²) in [5.74, 6) is -1.15. The Morgan fingerprint density at radius 1 is 1.32 bits per heavy atom. The SMILES string of the molecule is CC(C)(CO)[C@H](c1c(F)ccc(Br)c1F)N1CCNCC1.Cl. The number of benzene rings is 1. The summed E-state index contributed by atoms with van der Waals surface area (Å²) in [5.41, 5.74) is -0.620. The number of nitrogens with one attached hydrogen (secondary N) is 1. The lowest BCUT2D eigenvalue weighted by Gasteiger charge is -2.43. The van der Waals surface area contributed by atoms with Gasteiger partial charge in [-0.15, -0.1) is 12.4 Å². The van der Waals surface area contributed by atoms with Gasteiger partial charge in [-0.1, -0.05) is 13.8 Å². The van der Waals surface area contributed by atoms with Crippen LogP contribution in [0.1, 0.15) is 25.5 Å². The van der Waals surface area contributed by atoms with Crippen molar-refractivity contribution in [1.82, 2.24) is 10.2 Å². The first-order chi connectivity index (χ1) is 9.88. The summed E-state index contributed by atoms with van der Waals surface area (Å²) >= 11 is 3.13. The molecule has 0 unspecified atom stereocenters. The van der Waals surface area contributed by atoms with Crippen LogP contribution in [0, 0.1) is 17.0 Å². The molecule has 22 heavy (non-hydrogen) atoms. The highest BCUT2D eigenvalue weighted by Crippen LogP contribution is 2.41. The molecule has 1 aromatic rings. The van der Waals surface area contributed by atoms with E-state index in [1.54, 1.807) is 0 Å². The second-order valence-electron chi connectivity index (χ2n) is 6.09. The summed E-state index contributed by atoms with van der Waals surface area (Å²) in [5, 5.41) is 12.9. The fourth-order valence-electron chi connectivity index (χ4n) is 2.89. The molecule has 2 rings (SSSR count). The van der Waals surface area contributed by atoms with Crippen molar-refractivity contribution in [2.45, 2.75) is 19.9 Å². The van der Waals surface area contributed by atoms with E-state index >= 15 is 0 Å². The number of piperazine rings is 1. The second kappa shape index (κ2) is 8.02. The van der Waals surface area contributed by atoms with Gasteiger partial charge in [0.2, 0.25) is 0 Å². The smallest absolute Gasteiger partial charge is 0.145 e. The Kier molecular flexibility index (Phi) is 7.20. The molecule has 1 atom stereocenters. The number of hydrogen-bond donors (Lipinski definition) is 2. The summed E-state index contributed by atoms with van der Waals surface area (Å²) in [6, 6.07) is 2.13. The van der Waals surface area contributed by atoms with Crippen LogP contribution >= 0.6 is 28.3 Å². The van der Waals surface area contributed by atoms with E-state index in [0.29, 0.717) is 13.1 Å². The van der Waals surface area contributed by atoms with E-state index < -0.39 is 23.1 Å². The fourth-order valence-corrected chi connectivity index (χ4v) is 3.23. The molecule has 126 valence electrons. The Hall–Kier alpha value is -0.270. The van der Waals surface area contributed by atoms with Crippen LogP contribution in [-0.4, -0.2) is 42.8 Å². The molecule has 0 aromatic heterocycles. The highest BCUT2D eigenvalue weighted by molar-refractivity contribution is 9.10. The summed E-state index contributed by atoms with van der Waals surface area (Å²) in [6.07, 6.45) is 0. The van der Waals surface area contributed by atoms with Gasteiger partial charge in [-0.25, -0.2) is 8.78 Å². The van der Waals surface area contributed by atoms with E-state index in [1.807, 2.05) is 18.7 Å². The highest BCUT2D eigenvalue weighted by Gasteiger charge is 2.39. The van der Waals surface area contributed by atoms with Gasteiger partial charge in [-0.2, -0.15) is 0 Å². The molecule has 1 heterocycles. The number of aliphatic hydroxyl groups excluding tert-OH is 1. The van der Waals surface area contributed by atoms with Crippen molar-refractivity contribution >= 4 is 28.3 Å². The van der Waals surface area contributed by atoms with Crippen LogP contribution in [0.2, 0.25) is 0 Å². The number of halogens is 4. The van der Waals surface area contributed by atoms with E-state index in [4.69, 9.17) is 0 Å². The first kappa shape index (κ1) is 19.8. The predicted molar refractivity (Wildman–Crippen MR) is 89.4 cm³/mol. The van der Waals surface area contributed by atoms with Crippen LogP contribution in [0.25, 0.3) is 0 Å². The molecule has 0 bridgehead atoms. The Morgan fingerprint density at radius 2 is 1.91 bits per heavy atom. The Labute approximate surface area is 144 Å². The van der Waals surface area contributed by atoms with Gasteiger partial charge in [0, 0.05) is 49.8 Å². The van der Waals surface area contributed by atoms with Crippen molar-refractivity contribution in [1.29, 1.82) is 0 Å². The van der Waals surface area contributed by atoms with Gasteiger partial charge in [-0.3, -0.25) is 4.90 Å². The van der Waals surface area contributed by atoms with Crippen LogP contribution in [0.5, 0.6) is 0 Å². The third-order valence-electron chi connectivity index (χ3n) is 4.02. The molecule has 0 radical (unpaired) electrons. The maximum atomic E-state index is 14.5. The highest BCUT2D eigenvalue weighted by atomic mass is 79.9. The van der Waals surface area contributed by atoms with Crippen molar-refractivity contribution < 1.29 is 13.9 Å². The molecule has 1 saturated heterocycles. The Morgan fingerprint density at radius 3 is 2.45 bits per heavy atom. The Bertz CT molecular complexity index is 511. The fraction of sp³-hybridized carbons (Fsp3) is 0.600. The van der Waals surface area contributed by atoms with E-state index in [1.165, 1.54) is 12.1 Å². The number of nitrogens with zero attached hydrogens (tertiary/aromatic N) is 1. The minimum absolute atomic E-state index is 0. The lowest BCUT2D eigenvalue weighted by Crippen LogP contribution is -2.50. The van der Waals surface area contributed by atoms with Gasteiger partial charge in [0.1, 0.15) is 11.6 Å². The van der Waals surface area contributed by atoms with Crippen LogP contribution < -0.4 is 5.32 Å². The third kappa shape index (κ3) is 3.97. The first-order valence-corrected chi connectivity index (χ1v) is 7.87. The maximum absolute atomic E-state index is 14.5. The number of rotatable bonds is 4. The van der Waals surface area contributed by atoms with Crippen molar-refractivity contribution in [3.8, 4) is 0 Å². The maximum Gasteiger partial charge on any atom is 0.145 e. The summed E-state index contributed by atoms with van der Waals surface area (Å²) in [6.45, 7) is 6.45. The normalized spacial score (nSPS) is 17.9. The van der Waals surface area contributed by atoms with Gasteiger partial charge in [0.15, 0.2) is 0 Å². The van der Waals surface area contributed by atoms with Crippen LogP contribution in [0.3, 0.4) is 0 Å². The monoisotopic (exact) mass is 398 g/mol. The molecule has 0 amide bonds. The molecule has 0 spiro atoms. The van der Waals surface area contributed by atoms with Crippen LogP contribution in [0.15, 0.2) is 16.6 Å². The lowest BCUT2D eigenvalue weighted by atomic mass is 9.79. The van der Waals surface area contributed by atoms with Gasteiger partial charge in [0.05, 0.1) is 4.47 Å². The van der Waals surface area contributed by atoms with E-state index in [0.717, 1.165) is 13.1 Å². The molecule has 1 aliphatic rings. The van der Waals surface area contributed by atoms with Gasteiger partial charge >= 0.3 is 0 Å². The predicted octanol–water partition coefficient (Wildman–Crippen LogP) is 3.11. The first-order valence-electron chi connectivity index (χ1n) is 7.07. The minimum Gasteiger partial charge on any atom is -0.396 e. The molecule has 3 nitrogen and oxygen atoms in total. The molecule has 1 aromatic carbocycles. The van der Waals surface area contributed by atoms with Crippen LogP contribution in [-0.2, 0) is 0 Å². The molecular weight excluding hydrogens is 378 g/mol. The topological polar surface area (TPSA) is 35.5 Å². The van der Waals surface area contributed by atoms with Gasteiger partial charge < -0.3 is 10.4 Å². The third-order valence-corrected chi connectivity index (χ3v) is 4.63. The molecule has 7 heteroatoms. The summed E-state index contributed by atoms with van der Waals surface area (Å²) in [4.78, 5) is 2.04. The minimum atomic E-state index is -0.653. The summed E-state index contributed by atoms with van der Waals surface area (Å²) < 4.78 is 29.1. The lowest BCUT2D eigenvalue weighted by molar-refractivity contribution is 0.0265. The van der Waals surface area contributed by atoms with Crippen molar-refractivity contribution in [2.24, 2.45) is 5.41 Å². The largest absolute Gasteiger partial charge is 0.396 e. The number of aliphatic hydroxyl groups is 1. The quantitative estimate of drug-likeness (QED) is 0.764. The molecular formula is C15H22BrClF2N2O. The molecule has 0 aliphatic carbocycles. The number of hydrogen-bond acceptors (Lipinski definition) is 3. The summed E-state index contributed by atoms with van der Waals surface area (Å²) in [7, 11) is 0. The zero-order valence-electron chi connectivity index (χ0n) is 12.7. The molecule has 1 aliphatic heterocycles. The van der Waals surface area contributed by atoms with E-state index in [9.17, 15) is 13.9 Å². The van der Waals surface area contributed by atoms with Crippen molar-refractivity contribution in [2.75, 3.05) is 32.8 Å². The van der Waals surface area contributed by atoms with Crippen molar-refractivity contribution in [3.63, 3.8) is 0 Å². The van der Waals surface area contributed by atoms with Crippen LogP contribution in [0.4, 0.5) is 8.78 Å². The van der Waals surface area contributed by atoms with Gasteiger partial charge in [0.25, 0.3) is 0 Å². The zero-order valence-corrected chi connectivity index (χ0v) is 15.1. The van der Waals surface area contributed by atoms with Crippen molar-refractivity contribution in [3.05, 3.63) is 33.8 Å². The second-order valence-corrected chi connectivity index (χ2v) is 6.95. The van der Waals surface area contributed by atoms with E-state index in [2.05, 4.69) is 21.2 Å². The molecule has 0 saturated carbocycles. The molecule has 1 fully saturated rings. The van der Waals surface area contributed by atoms with E-state index in [-0.39, 0.29) is 29.1 Å². The standard InChI is InChI=1S/C15H21BrF2N2O.ClH/c1-15(2,9-21)14(20-7-5-19-6-8-20)12-11(17)4-3-10(16)13(12)18;/h3-4,14,19,21H,5-9H2,1-2H3;1H/t14-;/m0./s1. The average molecular weight is 400 g/mol. The average Bonchev–Trinajstić information content (AvgIpc) is 2.48. The Balaban J connectivity index is 0.00000242. The van der Waals surface area contributed by atoms with Gasteiger partial charge in [-0.05, 0) is 28.1 Å². The zero-order chi connectivity index (χ0) is 15.6.